The highest BCUT2D eigenvalue weighted by atomic mass is 79.9. The molecule has 0 radical (unpaired) electrons. The first kappa shape index (κ1) is 14.3. The Bertz CT molecular complexity index is 641. The van der Waals surface area contributed by atoms with Crippen LogP contribution < -0.4 is 5.32 Å². The second-order valence-corrected chi connectivity index (χ2v) is 5.16. The first-order valence-corrected chi connectivity index (χ1v) is 6.71. The molecule has 0 heterocycles. The molecule has 1 amide bonds. The third-order valence-corrected chi connectivity index (χ3v) is 3.09. The van der Waals surface area contributed by atoms with Gasteiger partial charge in [-0.15, -0.1) is 0 Å². The van der Waals surface area contributed by atoms with Crippen LogP contribution in [0.3, 0.4) is 0 Å². The van der Waals surface area contributed by atoms with Crippen LogP contribution in [0.2, 0.25) is 0 Å². The van der Waals surface area contributed by atoms with Gasteiger partial charge < -0.3 is 10.4 Å². The van der Waals surface area contributed by atoms with E-state index in [0.29, 0.717) is 10.2 Å². The van der Waals surface area contributed by atoms with Crippen LogP contribution in [0.5, 0.6) is 0 Å². The van der Waals surface area contributed by atoms with Crippen LogP contribution >= 0.6 is 15.9 Å². The summed E-state index contributed by atoms with van der Waals surface area (Å²) in [7, 11) is 0. The Balaban J connectivity index is 2.10. The smallest absolute Gasteiger partial charge is 0.335 e. The number of aromatic carboxylic acids is 1. The summed E-state index contributed by atoms with van der Waals surface area (Å²) in [5, 5.41) is 11.7. The van der Waals surface area contributed by atoms with E-state index in [1.165, 1.54) is 12.1 Å². The molecule has 2 N–H and O–H groups in total. The van der Waals surface area contributed by atoms with E-state index in [4.69, 9.17) is 5.11 Å². The van der Waals surface area contributed by atoms with Crippen molar-refractivity contribution in [2.24, 2.45) is 0 Å². The van der Waals surface area contributed by atoms with Crippen molar-refractivity contribution in [3.05, 3.63) is 64.1 Å². The van der Waals surface area contributed by atoms with Crippen LogP contribution in [0.25, 0.3) is 0 Å². The molecule has 0 saturated carbocycles. The molecule has 5 heteroatoms. The lowest BCUT2D eigenvalue weighted by atomic mass is 10.1. The van der Waals surface area contributed by atoms with Crippen molar-refractivity contribution in [1.82, 2.24) is 0 Å². The lowest BCUT2D eigenvalue weighted by Gasteiger charge is -2.07. The van der Waals surface area contributed by atoms with Crippen molar-refractivity contribution < 1.29 is 14.7 Å². The zero-order chi connectivity index (χ0) is 14.5. The number of rotatable bonds is 4. The molecule has 20 heavy (non-hydrogen) atoms. The number of carboxylic acid groups (broad SMARTS) is 1. The van der Waals surface area contributed by atoms with Gasteiger partial charge in [-0.3, -0.25) is 4.79 Å². The number of anilines is 1. The molecule has 0 aliphatic carbocycles. The Morgan fingerprint density at radius 1 is 1.10 bits per heavy atom. The summed E-state index contributed by atoms with van der Waals surface area (Å²) in [5.41, 5.74) is 1.48. The van der Waals surface area contributed by atoms with E-state index in [2.05, 4.69) is 21.2 Å². The number of nitrogens with one attached hydrogen (secondary N) is 1. The van der Waals surface area contributed by atoms with Crippen molar-refractivity contribution >= 4 is 33.5 Å². The zero-order valence-corrected chi connectivity index (χ0v) is 12.1. The second kappa shape index (κ2) is 6.34. The van der Waals surface area contributed by atoms with E-state index in [1.807, 2.05) is 30.3 Å². The number of benzene rings is 2. The molecule has 0 bridgehead atoms. The molecule has 0 atom stereocenters. The molecule has 0 spiro atoms. The van der Waals surface area contributed by atoms with Gasteiger partial charge in [0.15, 0.2) is 0 Å². The predicted molar refractivity (Wildman–Crippen MR) is 79.9 cm³/mol. The predicted octanol–water partition coefficient (Wildman–Crippen LogP) is 3.33. The number of hydrogen-bond donors (Lipinski definition) is 2. The van der Waals surface area contributed by atoms with Gasteiger partial charge in [0.25, 0.3) is 0 Å². The number of carboxylic acids is 1. The van der Waals surface area contributed by atoms with Gasteiger partial charge in [0.05, 0.1) is 12.0 Å². The van der Waals surface area contributed by atoms with Crippen molar-refractivity contribution in [2.75, 3.05) is 5.32 Å². The Morgan fingerprint density at radius 3 is 2.45 bits per heavy atom. The molecule has 0 unspecified atom stereocenters. The lowest BCUT2D eigenvalue weighted by Crippen LogP contribution is -2.14. The highest BCUT2D eigenvalue weighted by Gasteiger charge is 2.09. The fraction of sp³-hybridized carbons (Fsp3) is 0.0667. The second-order valence-electron chi connectivity index (χ2n) is 4.24. The van der Waals surface area contributed by atoms with E-state index in [1.54, 1.807) is 6.07 Å². The molecule has 0 aliphatic heterocycles. The van der Waals surface area contributed by atoms with Gasteiger partial charge in [-0.1, -0.05) is 46.3 Å². The number of amides is 1. The fourth-order valence-corrected chi connectivity index (χ4v) is 2.26. The van der Waals surface area contributed by atoms with Gasteiger partial charge in [0.2, 0.25) is 5.91 Å². The average Bonchev–Trinajstić information content (AvgIpc) is 2.38. The molecular weight excluding hydrogens is 322 g/mol. The third-order valence-electron chi connectivity index (χ3n) is 2.64. The minimum absolute atomic E-state index is 0.120. The van der Waals surface area contributed by atoms with Crippen LogP contribution in [0.1, 0.15) is 15.9 Å². The number of hydrogen-bond acceptors (Lipinski definition) is 2. The minimum Gasteiger partial charge on any atom is -0.478 e. The lowest BCUT2D eigenvalue weighted by molar-refractivity contribution is -0.115. The molecule has 102 valence electrons. The van der Waals surface area contributed by atoms with Gasteiger partial charge >= 0.3 is 5.97 Å². The van der Waals surface area contributed by atoms with Gasteiger partial charge in [0.1, 0.15) is 0 Å². The van der Waals surface area contributed by atoms with Crippen LogP contribution in [-0.4, -0.2) is 17.0 Å². The van der Waals surface area contributed by atoms with E-state index in [-0.39, 0.29) is 17.9 Å². The fourth-order valence-electron chi connectivity index (χ4n) is 1.77. The first-order chi connectivity index (χ1) is 9.54. The molecule has 0 fully saturated rings. The Hall–Kier alpha value is -2.14. The van der Waals surface area contributed by atoms with Gasteiger partial charge in [-0.25, -0.2) is 4.79 Å². The minimum atomic E-state index is -1.04. The summed E-state index contributed by atoms with van der Waals surface area (Å²) in [6, 6.07) is 13.9. The SMILES string of the molecule is O=C(Cc1ccccc1)Nc1cc(Br)cc(C(=O)O)c1. The van der Waals surface area contributed by atoms with E-state index in [0.717, 1.165) is 5.56 Å². The number of carbonyl (C=O) groups is 2. The summed E-state index contributed by atoms with van der Waals surface area (Å²) in [4.78, 5) is 22.8. The van der Waals surface area contributed by atoms with Crippen LogP contribution in [0, 0.1) is 0 Å². The van der Waals surface area contributed by atoms with Gasteiger partial charge in [-0.2, -0.15) is 0 Å². The van der Waals surface area contributed by atoms with Crippen molar-refractivity contribution in [2.45, 2.75) is 6.42 Å². The van der Waals surface area contributed by atoms with E-state index in [9.17, 15) is 9.59 Å². The average molecular weight is 334 g/mol. The molecule has 2 aromatic carbocycles. The zero-order valence-electron chi connectivity index (χ0n) is 10.5. The highest BCUT2D eigenvalue weighted by molar-refractivity contribution is 9.10. The summed E-state index contributed by atoms with van der Waals surface area (Å²) in [6.07, 6.45) is 0.246. The van der Waals surface area contributed by atoms with Crippen molar-refractivity contribution in [1.29, 1.82) is 0 Å². The largest absolute Gasteiger partial charge is 0.478 e. The molecular formula is C15H12BrNO3. The van der Waals surface area contributed by atoms with Gasteiger partial charge in [-0.05, 0) is 23.8 Å². The van der Waals surface area contributed by atoms with E-state index < -0.39 is 5.97 Å². The molecule has 2 aromatic rings. The van der Waals surface area contributed by atoms with Crippen LogP contribution in [0.15, 0.2) is 53.0 Å². The van der Waals surface area contributed by atoms with Crippen molar-refractivity contribution in [3.63, 3.8) is 0 Å². The topological polar surface area (TPSA) is 66.4 Å². The van der Waals surface area contributed by atoms with Crippen LogP contribution in [-0.2, 0) is 11.2 Å². The third kappa shape index (κ3) is 3.93. The molecule has 0 aromatic heterocycles. The maximum atomic E-state index is 11.9. The number of carbonyl (C=O) groups excluding carboxylic acids is 1. The highest BCUT2D eigenvalue weighted by Crippen LogP contribution is 2.20. The monoisotopic (exact) mass is 333 g/mol. The maximum absolute atomic E-state index is 11.9. The summed E-state index contributed by atoms with van der Waals surface area (Å²) >= 11 is 3.22. The quantitative estimate of drug-likeness (QED) is 0.901. The standard InChI is InChI=1S/C15H12BrNO3/c16-12-7-11(15(19)20)8-13(9-12)17-14(18)6-10-4-2-1-3-5-10/h1-5,7-9H,6H2,(H,17,18)(H,19,20). The summed E-state index contributed by atoms with van der Waals surface area (Å²) < 4.78 is 0.604. The molecule has 4 nitrogen and oxygen atoms in total. The Morgan fingerprint density at radius 2 is 1.80 bits per heavy atom. The van der Waals surface area contributed by atoms with Crippen molar-refractivity contribution in [3.8, 4) is 0 Å². The molecule has 0 aliphatic rings. The summed E-state index contributed by atoms with van der Waals surface area (Å²) in [5.74, 6) is -1.23. The first-order valence-electron chi connectivity index (χ1n) is 5.92. The molecule has 0 saturated heterocycles. The molecule has 2 rings (SSSR count). The Labute approximate surface area is 124 Å². The van der Waals surface area contributed by atoms with Crippen LogP contribution in [0.4, 0.5) is 5.69 Å². The van der Waals surface area contributed by atoms with E-state index >= 15 is 0 Å². The summed E-state index contributed by atoms with van der Waals surface area (Å²) in [6.45, 7) is 0. The number of halogens is 1. The van der Waals surface area contributed by atoms with Gasteiger partial charge in [0, 0.05) is 10.2 Å². The maximum Gasteiger partial charge on any atom is 0.335 e. The normalized spacial score (nSPS) is 10.1. The Kier molecular flexibility index (Phi) is 4.53.